The van der Waals surface area contributed by atoms with Crippen LogP contribution in [0.2, 0.25) is 0 Å². The van der Waals surface area contributed by atoms with Crippen LogP contribution in [0, 0.1) is 17.1 Å². The monoisotopic (exact) mass is 438 g/mol. The molecule has 1 fully saturated rings. The minimum Gasteiger partial charge on any atom is -0.489 e. The van der Waals surface area contributed by atoms with Crippen LogP contribution in [-0.4, -0.2) is 60.5 Å². The lowest BCUT2D eigenvalue weighted by atomic mass is 10.1. The number of anilines is 1. The molecule has 32 heavy (non-hydrogen) atoms. The van der Waals surface area contributed by atoms with Crippen molar-refractivity contribution in [2.45, 2.75) is 6.10 Å². The summed E-state index contributed by atoms with van der Waals surface area (Å²) in [5.41, 5.74) is 6.35. The fourth-order valence-corrected chi connectivity index (χ4v) is 3.46. The minimum atomic E-state index is -0.710. The molecule has 2 heterocycles. The van der Waals surface area contributed by atoms with E-state index in [1.165, 1.54) is 12.1 Å². The lowest BCUT2D eigenvalue weighted by molar-refractivity contribution is 0.00464. The van der Waals surface area contributed by atoms with Crippen LogP contribution >= 0.6 is 0 Å². The molecule has 1 unspecified atom stereocenters. The third kappa shape index (κ3) is 5.06. The number of ether oxygens (including phenoxy) is 3. The molecule has 4 rings (SSSR count). The molecule has 1 atom stereocenters. The van der Waals surface area contributed by atoms with E-state index in [0.29, 0.717) is 42.2 Å². The number of β-amino-alcohol motifs (C(OH)–C–C–N with tert-alkyl or cyclic N) is 1. The lowest BCUT2D eigenvalue weighted by Gasteiger charge is -2.28. The maximum Gasteiger partial charge on any atom is 0.149 e. The van der Waals surface area contributed by atoms with Gasteiger partial charge in [0.1, 0.15) is 41.8 Å². The number of aliphatic hydroxyl groups excluding tert-OH is 1. The Bertz CT molecular complexity index is 1140. The van der Waals surface area contributed by atoms with Crippen molar-refractivity contribution in [1.29, 1.82) is 5.26 Å². The summed E-state index contributed by atoms with van der Waals surface area (Å²) in [6, 6.07) is 11.1. The van der Waals surface area contributed by atoms with Crippen LogP contribution in [0.3, 0.4) is 0 Å². The van der Waals surface area contributed by atoms with Gasteiger partial charge in [0.15, 0.2) is 0 Å². The lowest BCUT2D eigenvalue weighted by Crippen LogP contribution is -2.42. The number of aromatic nitrogens is 1. The molecule has 2 aromatic carbocycles. The van der Waals surface area contributed by atoms with Gasteiger partial charge >= 0.3 is 0 Å². The van der Waals surface area contributed by atoms with E-state index in [4.69, 9.17) is 19.9 Å². The Morgan fingerprint density at radius 2 is 2.03 bits per heavy atom. The largest absolute Gasteiger partial charge is 0.489 e. The topological polar surface area (TPSA) is 114 Å². The number of morpholine rings is 1. The highest BCUT2D eigenvalue weighted by Crippen LogP contribution is 2.33. The first-order chi connectivity index (χ1) is 15.5. The van der Waals surface area contributed by atoms with Gasteiger partial charge in [-0.15, -0.1) is 0 Å². The average Bonchev–Trinajstić information content (AvgIpc) is 2.80. The van der Waals surface area contributed by atoms with Gasteiger partial charge in [-0.05, 0) is 24.3 Å². The molecule has 1 aliphatic rings. The number of hydrogen-bond donors (Lipinski definition) is 2. The number of benzene rings is 2. The van der Waals surface area contributed by atoms with E-state index in [-0.39, 0.29) is 23.6 Å². The van der Waals surface area contributed by atoms with Gasteiger partial charge in [-0.1, -0.05) is 0 Å². The molecule has 0 amide bonds. The number of rotatable bonds is 7. The predicted octanol–water partition coefficient (Wildman–Crippen LogP) is 2.69. The molecule has 0 aliphatic carbocycles. The molecule has 1 aliphatic heterocycles. The summed E-state index contributed by atoms with van der Waals surface area (Å²) in [6.45, 7) is 3.33. The summed E-state index contributed by atoms with van der Waals surface area (Å²) in [5, 5.41) is 20.5. The normalized spacial score (nSPS) is 15.3. The van der Waals surface area contributed by atoms with Gasteiger partial charge in [0.25, 0.3) is 0 Å². The Morgan fingerprint density at radius 1 is 1.22 bits per heavy atom. The molecule has 166 valence electrons. The Hall–Kier alpha value is -3.45. The van der Waals surface area contributed by atoms with E-state index in [2.05, 4.69) is 16.0 Å². The first-order valence-electron chi connectivity index (χ1n) is 10.2. The number of nitrogens with zero attached hydrogens (tertiary/aromatic N) is 3. The molecule has 0 saturated carbocycles. The molecule has 3 N–H and O–H groups in total. The highest BCUT2D eigenvalue weighted by molar-refractivity contribution is 5.88. The first kappa shape index (κ1) is 21.8. The molecule has 9 heteroatoms. The van der Waals surface area contributed by atoms with Crippen LogP contribution in [0.4, 0.5) is 10.1 Å². The van der Waals surface area contributed by atoms with Gasteiger partial charge in [-0.2, -0.15) is 5.26 Å². The third-order valence-electron chi connectivity index (χ3n) is 5.13. The maximum absolute atomic E-state index is 13.8. The number of hydrogen-bond acceptors (Lipinski definition) is 8. The Kier molecular flexibility index (Phi) is 6.66. The highest BCUT2D eigenvalue weighted by Gasteiger charge is 2.17. The fourth-order valence-electron chi connectivity index (χ4n) is 3.46. The molecule has 1 aromatic heterocycles. The van der Waals surface area contributed by atoms with Crippen LogP contribution in [0.5, 0.6) is 17.2 Å². The average molecular weight is 438 g/mol. The Labute approximate surface area is 184 Å². The molecular formula is C23H23FN4O4. The minimum absolute atomic E-state index is 0.0290. The third-order valence-corrected chi connectivity index (χ3v) is 5.13. The van der Waals surface area contributed by atoms with E-state index in [9.17, 15) is 14.8 Å². The number of nitrogen functional groups attached to an aromatic ring is 1. The van der Waals surface area contributed by atoms with Crippen LogP contribution in [-0.2, 0) is 4.74 Å². The summed E-state index contributed by atoms with van der Waals surface area (Å²) < 4.78 is 30.6. The van der Waals surface area contributed by atoms with Crippen molar-refractivity contribution in [1.82, 2.24) is 9.88 Å². The number of nitriles is 1. The summed E-state index contributed by atoms with van der Waals surface area (Å²) >= 11 is 0. The number of fused-ring (bicyclic) bond motifs is 1. The quantitative estimate of drug-likeness (QED) is 0.541. The molecule has 0 spiro atoms. The van der Waals surface area contributed by atoms with Crippen LogP contribution < -0.4 is 15.2 Å². The number of pyridine rings is 1. The number of halogens is 1. The summed E-state index contributed by atoms with van der Waals surface area (Å²) in [6.07, 6.45) is 0.840. The Morgan fingerprint density at radius 3 is 2.78 bits per heavy atom. The molecule has 0 radical (unpaired) electrons. The highest BCUT2D eigenvalue weighted by atomic mass is 19.1. The van der Waals surface area contributed by atoms with Gasteiger partial charge < -0.3 is 25.1 Å². The van der Waals surface area contributed by atoms with Crippen molar-refractivity contribution in [3.05, 3.63) is 54.0 Å². The second kappa shape index (κ2) is 9.78. The SMILES string of the molecule is N#Cc1cc2c(Oc3ccc(N)c(F)c3)ccnc2cc1OCC(O)CN1CCOCC1. The molecule has 1 saturated heterocycles. The zero-order valence-electron chi connectivity index (χ0n) is 17.3. The summed E-state index contributed by atoms with van der Waals surface area (Å²) in [5.74, 6) is 0.429. The van der Waals surface area contributed by atoms with Gasteiger partial charge in [-0.3, -0.25) is 9.88 Å². The van der Waals surface area contributed by atoms with E-state index < -0.39 is 11.9 Å². The smallest absolute Gasteiger partial charge is 0.149 e. The zero-order chi connectivity index (χ0) is 22.5. The first-order valence-corrected chi connectivity index (χ1v) is 10.2. The van der Waals surface area contributed by atoms with Gasteiger partial charge in [0.05, 0.1) is 30.0 Å². The number of aliphatic hydroxyl groups is 1. The van der Waals surface area contributed by atoms with Crippen LogP contribution in [0.15, 0.2) is 42.6 Å². The van der Waals surface area contributed by atoms with Crippen LogP contribution in [0.25, 0.3) is 10.9 Å². The van der Waals surface area contributed by atoms with Crippen molar-refractivity contribution in [2.24, 2.45) is 0 Å². The van der Waals surface area contributed by atoms with E-state index in [0.717, 1.165) is 13.1 Å². The van der Waals surface area contributed by atoms with Crippen molar-refractivity contribution in [3.8, 4) is 23.3 Å². The van der Waals surface area contributed by atoms with E-state index in [1.807, 2.05) is 0 Å². The fraction of sp³-hybridized carbons (Fsp3) is 0.304. The molecule has 3 aromatic rings. The molecular weight excluding hydrogens is 415 g/mol. The summed E-state index contributed by atoms with van der Waals surface area (Å²) in [4.78, 5) is 6.43. The molecule has 0 bridgehead atoms. The van der Waals surface area contributed by atoms with Crippen LogP contribution in [0.1, 0.15) is 5.56 Å². The van der Waals surface area contributed by atoms with Gasteiger partial charge in [0, 0.05) is 43.4 Å². The van der Waals surface area contributed by atoms with Gasteiger partial charge in [0.2, 0.25) is 0 Å². The van der Waals surface area contributed by atoms with E-state index in [1.54, 1.807) is 30.5 Å². The van der Waals surface area contributed by atoms with E-state index >= 15 is 0 Å². The Balaban J connectivity index is 1.52. The number of nitrogens with two attached hydrogens (primary N) is 1. The van der Waals surface area contributed by atoms with Crippen molar-refractivity contribution < 1.29 is 23.7 Å². The predicted molar refractivity (Wildman–Crippen MR) is 116 cm³/mol. The van der Waals surface area contributed by atoms with Gasteiger partial charge in [-0.25, -0.2) is 4.39 Å². The zero-order valence-corrected chi connectivity index (χ0v) is 17.3. The maximum atomic E-state index is 13.8. The van der Waals surface area contributed by atoms with Crippen molar-refractivity contribution >= 4 is 16.6 Å². The molecule has 8 nitrogen and oxygen atoms in total. The standard InChI is InChI=1S/C23H23FN4O4/c24-19-10-17(1-2-20(19)26)32-22-3-4-27-21-11-23(15(12-25)9-18(21)22)31-14-16(29)13-28-5-7-30-8-6-28/h1-4,9-11,16,29H,5-8,13-14,26H2. The summed E-state index contributed by atoms with van der Waals surface area (Å²) in [7, 11) is 0. The van der Waals surface area contributed by atoms with Crippen molar-refractivity contribution in [2.75, 3.05) is 45.2 Å². The van der Waals surface area contributed by atoms with Crippen molar-refractivity contribution in [3.63, 3.8) is 0 Å². The second-order valence-electron chi connectivity index (χ2n) is 7.45. The second-order valence-corrected chi connectivity index (χ2v) is 7.45.